The van der Waals surface area contributed by atoms with Crippen molar-refractivity contribution in [3.05, 3.63) is 24.5 Å². The van der Waals surface area contributed by atoms with Gasteiger partial charge in [0.25, 0.3) is 0 Å². The SMILES string of the molecule is O=C(Cn1cnnn1)NCCn1cnc(C(=O)O)c1. The number of rotatable bonds is 6. The minimum atomic E-state index is -1.08. The highest BCUT2D eigenvalue weighted by Gasteiger charge is 2.07. The normalized spacial score (nSPS) is 10.3. The molecule has 0 saturated heterocycles. The number of hydrogen-bond donors (Lipinski definition) is 2. The first-order valence-corrected chi connectivity index (χ1v) is 5.37. The summed E-state index contributed by atoms with van der Waals surface area (Å²) in [6.07, 6.45) is 4.14. The predicted molar refractivity (Wildman–Crippen MR) is 60.0 cm³/mol. The molecule has 2 rings (SSSR count). The molecule has 0 spiro atoms. The van der Waals surface area contributed by atoms with Crippen molar-refractivity contribution in [2.75, 3.05) is 6.54 Å². The van der Waals surface area contributed by atoms with E-state index in [2.05, 4.69) is 25.8 Å². The van der Waals surface area contributed by atoms with E-state index < -0.39 is 5.97 Å². The van der Waals surface area contributed by atoms with Gasteiger partial charge in [-0.1, -0.05) is 0 Å². The monoisotopic (exact) mass is 265 g/mol. The fourth-order valence-electron chi connectivity index (χ4n) is 1.37. The first kappa shape index (κ1) is 12.7. The second-order valence-electron chi connectivity index (χ2n) is 3.66. The third-order valence-corrected chi connectivity index (χ3v) is 2.24. The van der Waals surface area contributed by atoms with E-state index in [-0.39, 0.29) is 18.1 Å². The number of hydrogen-bond acceptors (Lipinski definition) is 6. The molecule has 2 N–H and O–H groups in total. The van der Waals surface area contributed by atoms with Crippen LogP contribution in [0.1, 0.15) is 10.5 Å². The lowest BCUT2D eigenvalue weighted by Crippen LogP contribution is -2.30. The van der Waals surface area contributed by atoms with E-state index in [1.807, 2.05) is 0 Å². The van der Waals surface area contributed by atoms with E-state index in [1.54, 1.807) is 4.57 Å². The van der Waals surface area contributed by atoms with Crippen molar-refractivity contribution in [1.29, 1.82) is 0 Å². The summed E-state index contributed by atoms with van der Waals surface area (Å²) in [7, 11) is 0. The van der Waals surface area contributed by atoms with Crippen LogP contribution in [0.15, 0.2) is 18.9 Å². The van der Waals surface area contributed by atoms with Crippen molar-refractivity contribution in [1.82, 2.24) is 35.1 Å². The van der Waals surface area contributed by atoms with Crippen molar-refractivity contribution in [2.45, 2.75) is 13.1 Å². The number of carbonyl (C=O) groups excluding carboxylic acids is 1. The summed E-state index contributed by atoms with van der Waals surface area (Å²) < 4.78 is 2.88. The Balaban J connectivity index is 1.73. The number of carboxylic acids is 1. The van der Waals surface area contributed by atoms with Gasteiger partial charge in [-0.25, -0.2) is 14.5 Å². The fraction of sp³-hybridized carbons (Fsp3) is 0.333. The number of tetrazole rings is 1. The molecule has 2 aromatic heterocycles. The fourth-order valence-corrected chi connectivity index (χ4v) is 1.37. The summed E-state index contributed by atoms with van der Waals surface area (Å²) >= 11 is 0. The predicted octanol–water partition coefficient (Wildman–Crippen LogP) is -1.62. The molecule has 2 aromatic rings. The number of nitrogens with zero attached hydrogens (tertiary/aromatic N) is 6. The molecule has 0 unspecified atom stereocenters. The lowest BCUT2D eigenvalue weighted by atomic mass is 10.5. The molecule has 0 aliphatic carbocycles. The molecular formula is C9H11N7O3. The number of imidazole rings is 1. The van der Waals surface area contributed by atoms with E-state index >= 15 is 0 Å². The van der Waals surface area contributed by atoms with Gasteiger partial charge in [0.05, 0.1) is 6.33 Å². The molecule has 0 bridgehead atoms. The van der Waals surface area contributed by atoms with Crippen LogP contribution in [0, 0.1) is 0 Å². The van der Waals surface area contributed by atoms with Crippen LogP contribution < -0.4 is 5.32 Å². The van der Waals surface area contributed by atoms with Crippen LogP contribution in [0.2, 0.25) is 0 Å². The molecule has 1 amide bonds. The van der Waals surface area contributed by atoms with E-state index in [9.17, 15) is 9.59 Å². The van der Waals surface area contributed by atoms with Crippen LogP contribution in [-0.4, -0.2) is 53.3 Å². The summed E-state index contributed by atoms with van der Waals surface area (Å²) in [5, 5.41) is 21.7. The van der Waals surface area contributed by atoms with Crippen LogP contribution in [0.4, 0.5) is 0 Å². The zero-order valence-corrected chi connectivity index (χ0v) is 9.80. The van der Waals surface area contributed by atoms with Gasteiger partial charge in [-0.2, -0.15) is 0 Å². The van der Waals surface area contributed by atoms with Gasteiger partial charge in [0, 0.05) is 19.3 Å². The Morgan fingerprint density at radius 3 is 2.84 bits per heavy atom. The molecule has 0 aromatic carbocycles. The highest BCUT2D eigenvalue weighted by atomic mass is 16.4. The lowest BCUT2D eigenvalue weighted by molar-refractivity contribution is -0.121. The van der Waals surface area contributed by atoms with Gasteiger partial charge in [0.15, 0.2) is 5.69 Å². The van der Waals surface area contributed by atoms with Gasteiger partial charge in [0.2, 0.25) is 5.91 Å². The molecule has 0 aliphatic rings. The molecule has 2 heterocycles. The van der Waals surface area contributed by atoms with Crippen molar-refractivity contribution in [3.63, 3.8) is 0 Å². The Morgan fingerprint density at radius 1 is 1.37 bits per heavy atom. The molecular weight excluding hydrogens is 254 g/mol. The number of amides is 1. The maximum Gasteiger partial charge on any atom is 0.356 e. The molecule has 100 valence electrons. The van der Waals surface area contributed by atoms with Crippen molar-refractivity contribution < 1.29 is 14.7 Å². The number of aromatic nitrogens is 6. The van der Waals surface area contributed by atoms with Crippen molar-refractivity contribution >= 4 is 11.9 Å². The smallest absolute Gasteiger partial charge is 0.356 e. The maximum absolute atomic E-state index is 11.5. The Labute approximate surface area is 107 Å². The largest absolute Gasteiger partial charge is 0.476 e. The first-order chi connectivity index (χ1) is 9.15. The summed E-state index contributed by atoms with van der Waals surface area (Å²) in [5.74, 6) is -1.31. The highest BCUT2D eigenvalue weighted by Crippen LogP contribution is 1.95. The van der Waals surface area contributed by atoms with Gasteiger partial charge in [0.1, 0.15) is 12.9 Å². The van der Waals surface area contributed by atoms with E-state index in [4.69, 9.17) is 5.11 Å². The molecule has 0 radical (unpaired) electrons. The van der Waals surface area contributed by atoms with E-state index in [0.29, 0.717) is 13.1 Å². The standard InChI is InChI=1S/C9H11N7O3/c17-8(4-16-6-12-13-14-16)10-1-2-15-3-7(9(18)19)11-5-15/h3,5-6H,1-2,4H2,(H,10,17)(H,18,19). The van der Waals surface area contributed by atoms with E-state index in [1.165, 1.54) is 23.5 Å². The number of aromatic carboxylic acids is 1. The molecule has 0 aliphatic heterocycles. The highest BCUT2D eigenvalue weighted by molar-refractivity contribution is 5.84. The zero-order valence-electron chi connectivity index (χ0n) is 9.80. The third kappa shape index (κ3) is 3.59. The first-order valence-electron chi connectivity index (χ1n) is 5.37. The summed E-state index contributed by atoms with van der Waals surface area (Å²) in [4.78, 5) is 25.8. The van der Waals surface area contributed by atoms with Crippen LogP contribution in [0.5, 0.6) is 0 Å². The molecule has 10 heteroatoms. The average Bonchev–Trinajstić information content (AvgIpc) is 3.00. The van der Waals surface area contributed by atoms with Crippen LogP contribution in [0.3, 0.4) is 0 Å². The summed E-state index contributed by atoms with van der Waals surface area (Å²) in [6.45, 7) is 0.829. The Kier molecular flexibility index (Phi) is 3.81. The minimum absolute atomic E-state index is 0.0278. The van der Waals surface area contributed by atoms with Gasteiger partial charge in [-0.05, 0) is 10.4 Å². The molecule has 10 nitrogen and oxygen atoms in total. The van der Waals surface area contributed by atoms with E-state index in [0.717, 1.165) is 0 Å². The Bertz CT molecular complexity index is 562. The van der Waals surface area contributed by atoms with Crippen LogP contribution in [0.25, 0.3) is 0 Å². The van der Waals surface area contributed by atoms with Gasteiger partial charge in [-0.15, -0.1) is 5.10 Å². The third-order valence-electron chi connectivity index (χ3n) is 2.24. The number of carboxylic acid groups (broad SMARTS) is 1. The molecule has 19 heavy (non-hydrogen) atoms. The Morgan fingerprint density at radius 2 is 2.21 bits per heavy atom. The minimum Gasteiger partial charge on any atom is -0.476 e. The van der Waals surface area contributed by atoms with Crippen LogP contribution in [-0.2, 0) is 17.9 Å². The second kappa shape index (κ2) is 5.71. The van der Waals surface area contributed by atoms with Gasteiger partial charge in [-0.3, -0.25) is 4.79 Å². The second-order valence-corrected chi connectivity index (χ2v) is 3.66. The van der Waals surface area contributed by atoms with Gasteiger partial charge < -0.3 is 15.0 Å². The quantitative estimate of drug-likeness (QED) is 0.642. The topological polar surface area (TPSA) is 128 Å². The average molecular weight is 265 g/mol. The summed E-state index contributed by atoms with van der Waals surface area (Å²) in [6, 6.07) is 0. The Hall–Kier alpha value is -2.78. The van der Waals surface area contributed by atoms with Gasteiger partial charge >= 0.3 is 5.97 Å². The zero-order chi connectivity index (χ0) is 13.7. The lowest BCUT2D eigenvalue weighted by Gasteiger charge is -2.05. The number of carbonyl (C=O) groups is 2. The molecule has 0 atom stereocenters. The van der Waals surface area contributed by atoms with Crippen molar-refractivity contribution in [3.8, 4) is 0 Å². The van der Waals surface area contributed by atoms with Crippen LogP contribution >= 0.6 is 0 Å². The molecule has 0 fully saturated rings. The molecule has 0 saturated carbocycles. The summed E-state index contributed by atoms with van der Waals surface area (Å²) in [5.41, 5.74) is -0.0278. The van der Waals surface area contributed by atoms with Crippen molar-refractivity contribution in [2.24, 2.45) is 0 Å². The maximum atomic E-state index is 11.5. The number of nitrogens with one attached hydrogen (secondary N) is 1.